The Hall–Kier alpha value is 0.110. The first kappa shape index (κ1) is 10.2. The van der Waals surface area contributed by atoms with Gasteiger partial charge in [-0.1, -0.05) is 0 Å². The molecule has 0 bridgehead atoms. The third-order valence-corrected chi connectivity index (χ3v) is 3.07. The van der Waals surface area contributed by atoms with E-state index in [1.807, 2.05) is 0 Å². The maximum Gasteiger partial charge on any atom is 0.280 e. The molecule has 1 heterocycles. The molecule has 1 fully saturated rings. The molecule has 0 spiro atoms. The third-order valence-electron chi connectivity index (χ3n) is 1.55. The van der Waals surface area contributed by atoms with Crippen LogP contribution in [-0.2, 0) is 15.4 Å². The van der Waals surface area contributed by atoms with E-state index in [0.717, 1.165) is 0 Å². The number of hydrogen-bond donors (Lipinski definition) is 5. The largest absolute Gasteiger partial charge is 0.385 e. The van der Waals surface area contributed by atoms with Crippen LogP contribution < -0.4 is 0 Å². The van der Waals surface area contributed by atoms with Gasteiger partial charge in [0.1, 0.15) is 6.10 Å². The molecule has 0 aromatic heterocycles. The Bertz CT molecular complexity index is 150. The summed E-state index contributed by atoms with van der Waals surface area (Å²) in [6, 6.07) is 0. The van der Waals surface area contributed by atoms with Gasteiger partial charge in [-0.25, -0.2) is 0 Å². The standard InChI is InChI=1S/C5H11O6S/c6-1-12-5(10)3(8)2(7)4(9)11-12/h2-10H,1H2/q+1/t2-,3-,4?,5-,12?/m1/s1. The van der Waals surface area contributed by atoms with Gasteiger partial charge >= 0.3 is 0 Å². The van der Waals surface area contributed by atoms with Crippen LogP contribution >= 0.6 is 0 Å². The van der Waals surface area contributed by atoms with E-state index in [4.69, 9.17) is 25.5 Å². The Morgan fingerprint density at radius 2 is 1.67 bits per heavy atom. The highest BCUT2D eigenvalue weighted by Gasteiger charge is 2.51. The molecule has 0 amide bonds. The van der Waals surface area contributed by atoms with Crippen molar-refractivity contribution in [2.45, 2.75) is 23.9 Å². The van der Waals surface area contributed by atoms with Crippen LogP contribution in [0.25, 0.3) is 0 Å². The number of rotatable bonds is 1. The first-order valence-electron chi connectivity index (χ1n) is 3.28. The van der Waals surface area contributed by atoms with Crippen LogP contribution in [0.1, 0.15) is 0 Å². The number of hydrogen-bond acceptors (Lipinski definition) is 6. The van der Waals surface area contributed by atoms with Crippen molar-refractivity contribution in [2.24, 2.45) is 0 Å². The zero-order valence-corrected chi connectivity index (χ0v) is 6.89. The van der Waals surface area contributed by atoms with Gasteiger partial charge in [0.2, 0.25) is 23.4 Å². The van der Waals surface area contributed by atoms with E-state index in [-0.39, 0.29) is 0 Å². The van der Waals surface area contributed by atoms with E-state index < -0.39 is 41.0 Å². The second-order valence-electron chi connectivity index (χ2n) is 2.37. The number of aliphatic hydroxyl groups excluding tert-OH is 5. The van der Waals surface area contributed by atoms with Gasteiger partial charge in [0.15, 0.2) is 6.10 Å². The molecule has 0 aromatic carbocycles. The van der Waals surface area contributed by atoms with Crippen molar-refractivity contribution in [1.29, 1.82) is 0 Å². The summed E-state index contributed by atoms with van der Waals surface area (Å²) in [6.07, 6.45) is -4.57. The lowest BCUT2D eigenvalue weighted by molar-refractivity contribution is -0.169. The molecule has 0 saturated carbocycles. The molecule has 0 aromatic rings. The summed E-state index contributed by atoms with van der Waals surface area (Å²) in [7, 11) is 0. The molecule has 1 aliphatic heterocycles. The Labute approximate surface area is 71.6 Å². The van der Waals surface area contributed by atoms with Gasteiger partial charge in [0.05, 0.1) is 0 Å². The second-order valence-corrected chi connectivity index (χ2v) is 4.06. The molecular weight excluding hydrogens is 188 g/mol. The van der Waals surface area contributed by atoms with E-state index in [2.05, 4.69) is 4.18 Å². The highest BCUT2D eigenvalue weighted by atomic mass is 32.2. The van der Waals surface area contributed by atoms with Crippen LogP contribution in [0.3, 0.4) is 0 Å². The fraction of sp³-hybridized carbons (Fsp3) is 1.00. The lowest BCUT2D eigenvalue weighted by Gasteiger charge is -2.28. The predicted octanol–water partition coefficient (Wildman–Crippen LogP) is -3.14. The zero-order chi connectivity index (χ0) is 9.30. The smallest absolute Gasteiger partial charge is 0.280 e. The Kier molecular flexibility index (Phi) is 3.29. The normalized spacial score (nSPS) is 49.2. The fourth-order valence-electron chi connectivity index (χ4n) is 0.840. The van der Waals surface area contributed by atoms with Crippen molar-refractivity contribution in [1.82, 2.24) is 0 Å². The van der Waals surface area contributed by atoms with E-state index in [1.165, 1.54) is 0 Å². The quantitative estimate of drug-likeness (QED) is 0.285. The molecule has 7 heteroatoms. The molecule has 5 N–H and O–H groups in total. The Balaban J connectivity index is 2.63. The molecule has 6 nitrogen and oxygen atoms in total. The molecule has 1 saturated heterocycles. The van der Waals surface area contributed by atoms with Crippen LogP contribution in [0.2, 0.25) is 0 Å². The highest BCUT2D eigenvalue weighted by Crippen LogP contribution is 2.22. The van der Waals surface area contributed by atoms with Gasteiger partial charge in [-0.2, -0.15) is 0 Å². The molecule has 0 aliphatic carbocycles. The third kappa shape index (κ3) is 1.72. The van der Waals surface area contributed by atoms with Crippen LogP contribution in [0.15, 0.2) is 0 Å². The predicted molar refractivity (Wildman–Crippen MR) is 39.6 cm³/mol. The summed E-state index contributed by atoms with van der Waals surface area (Å²) < 4.78 is 4.60. The summed E-state index contributed by atoms with van der Waals surface area (Å²) >= 11 is -1.33. The topological polar surface area (TPSA) is 110 Å². The SMILES string of the molecule is OC[S+]1OC(O)[C@H](O)[C@@H](O)[C@@H]1O. The summed E-state index contributed by atoms with van der Waals surface area (Å²) in [5, 5.41) is 44.7. The van der Waals surface area contributed by atoms with Gasteiger partial charge in [0.25, 0.3) is 5.44 Å². The van der Waals surface area contributed by atoms with E-state index in [1.54, 1.807) is 0 Å². The Morgan fingerprint density at radius 3 is 2.17 bits per heavy atom. The van der Waals surface area contributed by atoms with Gasteiger partial charge < -0.3 is 25.5 Å². The van der Waals surface area contributed by atoms with Crippen molar-refractivity contribution in [2.75, 3.05) is 5.94 Å². The maximum absolute atomic E-state index is 9.13. The maximum atomic E-state index is 9.13. The summed E-state index contributed by atoms with van der Waals surface area (Å²) in [5.41, 5.74) is -1.35. The van der Waals surface area contributed by atoms with E-state index in [9.17, 15) is 0 Å². The minimum absolute atomic E-state index is 0.498. The highest BCUT2D eigenvalue weighted by molar-refractivity contribution is 7.92. The molecule has 2 unspecified atom stereocenters. The van der Waals surface area contributed by atoms with Crippen LogP contribution in [0, 0.1) is 0 Å². The van der Waals surface area contributed by atoms with Crippen molar-refractivity contribution in [3.8, 4) is 0 Å². The summed E-state index contributed by atoms with van der Waals surface area (Å²) in [4.78, 5) is 0. The lowest BCUT2D eigenvalue weighted by atomic mass is 10.2. The minimum Gasteiger partial charge on any atom is -0.385 e. The van der Waals surface area contributed by atoms with Gasteiger partial charge in [-0.3, -0.25) is 0 Å². The molecular formula is C5H11O6S+. The van der Waals surface area contributed by atoms with Crippen LogP contribution in [0.4, 0.5) is 0 Å². The summed E-state index contributed by atoms with van der Waals surface area (Å²) in [5.74, 6) is -0.498. The molecule has 1 rings (SSSR count). The molecule has 5 atom stereocenters. The first-order valence-corrected chi connectivity index (χ1v) is 4.66. The number of aliphatic hydroxyl groups is 5. The minimum atomic E-state index is -1.56. The van der Waals surface area contributed by atoms with Crippen molar-refractivity contribution in [3.63, 3.8) is 0 Å². The van der Waals surface area contributed by atoms with Crippen LogP contribution in [-0.4, -0.2) is 55.4 Å². The van der Waals surface area contributed by atoms with Crippen molar-refractivity contribution in [3.05, 3.63) is 0 Å². The van der Waals surface area contributed by atoms with Gasteiger partial charge in [-0.15, -0.1) is 4.18 Å². The second kappa shape index (κ2) is 3.88. The van der Waals surface area contributed by atoms with E-state index in [0.29, 0.717) is 0 Å². The first-order chi connectivity index (χ1) is 5.57. The molecule has 12 heavy (non-hydrogen) atoms. The fourth-order valence-corrected chi connectivity index (χ4v) is 2.01. The van der Waals surface area contributed by atoms with Crippen LogP contribution in [0.5, 0.6) is 0 Å². The summed E-state index contributed by atoms with van der Waals surface area (Å²) in [6.45, 7) is 0. The van der Waals surface area contributed by atoms with E-state index >= 15 is 0 Å². The van der Waals surface area contributed by atoms with Crippen molar-refractivity contribution < 1.29 is 29.7 Å². The molecule has 72 valence electrons. The zero-order valence-electron chi connectivity index (χ0n) is 6.07. The molecule has 0 radical (unpaired) electrons. The monoisotopic (exact) mass is 199 g/mol. The van der Waals surface area contributed by atoms with Gasteiger partial charge in [-0.05, 0) is 0 Å². The lowest BCUT2D eigenvalue weighted by Crippen LogP contribution is -2.55. The van der Waals surface area contributed by atoms with Gasteiger partial charge in [0, 0.05) is 0 Å². The van der Waals surface area contributed by atoms with Crippen molar-refractivity contribution >= 4 is 11.2 Å². The average molecular weight is 199 g/mol. The molecule has 1 aliphatic rings. The average Bonchev–Trinajstić information content (AvgIpc) is 2.08. The Morgan fingerprint density at radius 1 is 1.08 bits per heavy atom.